The first-order valence-electron chi connectivity index (χ1n) is 42.5. The summed E-state index contributed by atoms with van der Waals surface area (Å²) in [5.74, 6) is -5.59. The highest BCUT2D eigenvalue weighted by Gasteiger charge is 2.46. The third-order valence-electron chi connectivity index (χ3n) is 25.3. The molecule has 6 fully saturated rings. The minimum Gasteiger partial charge on any atom is -0.481 e. The van der Waals surface area contributed by atoms with E-state index in [4.69, 9.17) is 31.8 Å². The maximum absolute atomic E-state index is 13.8. The fourth-order valence-electron chi connectivity index (χ4n) is 18.2. The molecule has 15 rings (SSSR count). The summed E-state index contributed by atoms with van der Waals surface area (Å²) in [5.41, 5.74) is 6.90. The molecule has 31 heteroatoms. The fourth-order valence-corrected chi connectivity index (χ4v) is 18.4. The van der Waals surface area contributed by atoms with Crippen LogP contribution in [0.5, 0.6) is 0 Å². The van der Waals surface area contributed by atoms with Crippen LogP contribution in [0.15, 0.2) is 104 Å². The van der Waals surface area contributed by atoms with Crippen molar-refractivity contribution in [3.05, 3.63) is 160 Å². The average molecular weight is 1710 g/mol. The number of aliphatic carboxylic acids is 3. The Hall–Kier alpha value is -11.2. The van der Waals surface area contributed by atoms with E-state index in [2.05, 4.69) is 51.6 Å². The van der Waals surface area contributed by atoms with E-state index < -0.39 is 40.3 Å². The number of imidazole rings is 3. The van der Waals surface area contributed by atoms with E-state index in [0.717, 1.165) is 27.8 Å². The molecule has 3 saturated heterocycles. The van der Waals surface area contributed by atoms with Crippen molar-refractivity contribution in [2.75, 3.05) is 58.9 Å². The summed E-state index contributed by atoms with van der Waals surface area (Å²) in [6, 6.07) is 22.5. The van der Waals surface area contributed by atoms with Crippen molar-refractivity contribution in [3.63, 3.8) is 0 Å². The Morgan fingerprint density at radius 1 is 0.398 bits per heavy atom. The third kappa shape index (κ3) is 19.4. The number of hydrogen-bond donors (Lipinski definition) is 3. The molecular weight excluding hydrogens is 1600 g/mol. The van der Waals surface area contributed by atoms with E-state index in [1.165, 1.54) is 36.4 Å². The minimum atomic E-state index is -0.789. The van der Waals surface area contributed by atoms with Gasteiger partial charge >= 0.3 is 17.9 Å². The van der Waals surface area contributed by atoms with E-state index in [1.807, 2.05) is 88.3 Å². The second-order valence-corrected chi connectivity index (χ2v) is 38.5. The first kappa shape index (κ1) is 89.6. The van der Waals surface area contributed by atoms with Crippen LogP contribution in [0.1, 0.15) is 228 Å². The summed E-state index contributed by atoms with van der Waals surface area (Å²) in [4.78, 5) is 140. The van der Waals surface area contributed by atoms with Crippen LogP contribution in [0.4, 0.5) is 13.2 Å². The zero-order valence-electron chi connectivity index (χ0n) is 72.4. The lowest BCUT2D eigenvalue weighted by Gasteiger charge is -2.47. The Labute approximate surface area is 718 Å². The number of carbonyl (C=O) groups is 9. The number of carbonyl (C=O) groups excluding carboxylic acids is 6. The van der Waals surface area contributed by atoms with Gasteiger partial charge in [-0.1, -0.05) is 67.0 Å². The number of amides is 6. The van der Waals surface area contributed by atoms with Crippen LogP contribution in [0, 0.1) is 53.0 Å². The van der Waals surface area contributed by atoms with E-state index >= 15 is 0 Å². The molecule has 0 radical (unpaired) electrons. The number of piperazine rings is 3. The van der Waals surface area contributed by atoms with Crippen LogP contribution >= 0.6 is 11.6 Å². The van der Waals surface area contributed by atoms with Gasteiger partial charge in [0.15, 0.2) is 16.9 Å². The van der Waals surface area contributed by atoms with Crippen molar-refractivity contribution >= 4 is 81.9 Å². The number of carboxylic acid groups (broad SMARTS) is 3. The van der Waals surface area contributed by atoms with Gasteiger partial charge in [-0.3, -0.25) is 43.2 Å². The zero-order valence-corrected chi connectivity index (χ0v) is 73.2. The number of halogens is 4. The SMILES string of the molecule is CC(C)(C)c1cc(-c2ccc(F)cc2)nn2cc(C(=O)N3CCN(C(=O)C4CCC(C(=O)O)CC4)CC3(C)C)nc12.CC(C)(C)c1cc(-c2ccc(F)cc2)nn2cc(C(=O)N3CCN(C(=O)C4CCC(C(=O)O)CC4)CC3(C)C)nc12.CC(C)c1cc(-c2ccc(F)c(Cl)c2)nn2cc(C(=O)N3CCN(C(=O)C4CCC(C(=O)O)CC4)CC3(C)C)nc12. The van der Waals surface area contributed by atoms with Crippen LogP contribution in [0.2, 0.25) is 5.02 Å². The molecule has 654 valence electrons. The lowest BCUT2D eigenvalue weighted by Crippen LogP contribution is -2.62. The van der Waals surface area contributed by atoms with Gasteiger partial charge in [0.1, 0.15) is 34.5 Å². The first-order chi connectivity index (χ1) is 57.8. The summed E-state index contributed by atoms with van der Waals surface area (Å²) >= 11 is 6.02. The van der Waals surface area contributed by atoms with Crippen molar-refractivity contribution in [1.82, 2.24) is 73.2 Å². The summed E-state index contributed by atoms with van der Waals surface area (Å²) in [6.07, 6.45) is 11.5. The predicted octanol–water partition coefficient (Wildman–Crippen LogP) is 14.8. The van der Waals surface area contributed by atoms with Gasteiger partial charge in [-0.2, -0.15) is 15.3 Å². The minimum absolute atomic E-state index is 0.00443. The normalized spacial score (nSPS) is 21.1. The molecule has 0 atom stereocenters. The molecule has 0 spiro atoms. The standard InChI is InChI=1S/2C31H38FN5O4.C30H35ClFN5O4/c2*1-30(2,3)23-16-24(19-10-12-22(32)13-11-19)34-37-17-25(33-26(23)37)28(39)36-15-14-35(18-31(36,4)5)27(38)20-6-8-21(9-7-20)29(40)41;1-17(2)21-14-24(20-9-10-23(32)22(31)13-20)34-37-15-25(33-26(21)37)28(39)36-12-11-35(16-30(36,3)4)27(38)18-5-7-19(8-6-18)29(40)41/h2*10-13,16-17,20-21H,6-9,14-15,18H2,1-5H3,(H,40,41);9-10,13-15,17-19H,5-8,11-12,16H2,1-4H3,(H,40,41). The Morgan fingerprint density at radius 2 is 0.683 bits per heavy atom. The molecule has 3 aliphatic carbocycles. The molecule has 3 saturated carbocycles. The molecule has 6 aromatic heterocycles. The van der Waals surface area contributed by atoms with Gasteiger partial charge in [0.25, 0.3) is 17.7 Å². The number of aromatic nitrogens is 9. The van der Waals surface area contributed by atoms with E-state index in [0.29, 0.717) is 176 Å². The molecular formula is C92H111ClF3N15O12. The average Bonchev–Trinajstić information content (AvgIpc) is 1.64. The van der Waals surface area contributed by atoms with Gasteiger partial charge in [-0.15, -0.1) is 0 Å². The topological polar surface area (TPSA) is 324 Å². The molecule has 3 N–H and O–H groups in total. The Morgan fingerprint density at radius 3 is 0.967 bits per heavy atom. The van der Waals surface area contributed by atoms with Gasteiger partial charge in [0.2, 0.25) is 17.7 Å². The lowest BCUT2D eigenvalue weighted by molar-refractivity contribution is -0.147. The van der Waals surface area contributed by atoms with Crippen molar-refractivity contribution in [3.8, 4) is 33.8 Å². The van der Waals surface area contributed by atoms with Crippen molar-refractivity contribution in [2.45, 2.75) is 207 Å². The summed E-state index contributed by atoms with van der Waals surface area (Å²) < 4.78 is 45.7. The van der Waals surface area contributed by atoms with E-state index in [9.17, 15) is 71.6 Å². The Kier molecular flexibility index (Phi) is 25.7. The van der Waals surface area contributed by atoms with Crippen molar-refractivity contribution in [1.29, 1.82) is 0 Å². The second kappa shape index (κ2) is 35.2. The molecule has 27 nitrogen and oxygen atoms in total. The second-order valence-electron chi connectivity index (χ2n) is 38.1. The summed E-state index contributed by atoms with van der Waals surface area (Å²) in [6.45, 7) is 31.7. The largest absolute Gasteiger partial charge is 0.481 e. The Bertz CT molecular complexity index is 5320. The molecule has 3 aliphatic heterocycles. The monoisotopic (exact) mass is 1710 g/mol. The highest BCUT2D eigenvalue weighted by molar-refractivity contribution is 6.31. The number of fused-ring (bicyclic) bond motifs is 3. The Balaban J connectivity index is 0.000000159. The maximum atomic E-state index is 13.8. The maximum Gasteiger partial charge on any atom is 0.306 e. The zero-order chi connectivity index (χ0) is 89.0. The van der Waals surface area contributed by atoms with Crippen molar-refractivity contribution < 1.29 is 71.6 Å². The molecule has 6 aliphatic rings. The molecule has 123 heavy (non-hydrogen) atoms. The van der Waals surface area contributed by atoms with Crippen LogP contribution < -0.4 is 0 Å². The van der Waals surface area contributed by atoms with Crippen LogP contribution in [0.3, 0.4) is 0 Å². The van der Waals surface area contributed by atoms with Crippen LogP contribution in [-0.4, -0.2) is 217 Å². The first-order valence-corrected chi connectivity index (χ1v) is 42.9. The highest BCUT2D eigenvalue weighted by atomic mass is 35.5. The molecule has 3 aromatic carbocycles. The molecule has 9 aromatic rings. The fraction of sp³-hybridized carbons (Fsp3) is 0.511. The van der Waals surface area contributed by atoms with E-state index in [1.54, 1.807) is 77.2 Å². The lowest BCUT2D eigenvalue weighted by atomic mass is 9.81. The van der Waals surface area contributed by atoms with Crippen LogP contribution in [-0.2, 0) is 39.6 Å². The number of benzene rings is 3. The number of hydrogen-bond acceptors (Lipinski definition) is 15. The summed E-state index contributed by atoms with van der Waals surface area (Å²) in [5, 5.41) is 41.9. The number of nitrogens with zero attached hydrogens (tertiary/aromatic N) is 15. The quantitative estimate of drug-likeness (QED) is 0.0965. The van der Waals surface area contributed by atoms with E-state index in [-0.39, 0.29) is 121 Å². The molecule has 9 heterocycles. The van der Waals surface area contributed by atoms with Gasteiger partial charge in [0, 0.05) is 110 Å². The molecule has 6 amide bonds. The summed E-state index contributed by atoms with van der Waals surface area (Å²) in [7, 11) is 0. The molecule has 0 bridgehead atoms. The van der Waals surface area contributed by atoms with Crippen LogP contribution in [0.25, 0.3) is 50.7 Å². The van der Waals surface area contributed by atoms with Gasteiger partial charge in [-0.25, -0.2) is 41.7 Å². The smallest absolute Gasteiger partial charge is 0.306 e. The highest BCUT2D eigenvalue weighted by Crippen LogP contribution is 2.40. The third-order valence-corrected chi connectivity index (χ3v) is 25.6. The number of rotatable bonds is 13. The van der Waals surface area contributed by atoms with Gasteiger partial charge in [-0.05, 0) is 220 Å². The van der Waals surface area contributed by atoms with Gasteiger partial charge < -0.3 is 44.7 Å². The molecule has 0 unspecified atom stereocenters. The predicted molar refractivity (Wildman–Crippen MR) is 456 cm³/mol. The number of carboxylic acids is 3. The van der Waals surface area contributed by atoms with Gasteiger partial charge in [0.05, 0.1) is 75.1 Å². The van der Waals surface area contributed by atoms with Crippen molar-refractivity contribution in [2.24, 2.45) is 35.5 Å².